The van der Waals surface area contributed by atoms with Crippen molar-refractivity contribution in [2.24, 2.45) is 5.41 Å². The lowest BCUT2D eigenvalue weighted by Crippen LogP contribution is -2.54. The molecule has 33 heavy (non-hydrogen) atoms. The standard InChI is InChI=1S/C23H31N3O6S/c1-14(28)23(2)13-26(21(30)18(29)12-27)11-17(23)15-4-5-19(31-3)20(8-15)32-16-9-25(10-16)22-24-6-7-33-22/h4-8,14,16-18,27-29H,9-13H2,1-3H3/t14-,17+,18?,23+/m1/s1. The van der Waals surface area contributed by atoms with E-state index in [1.165, 1.54) is 4.90 Å². The second-order valence-electron chi connectivity index (χ2n) is 9.02. The maximum atomic E-state index is 12.5. The van der Waals surface area contributed by atoms with E-state index in [0.29, 0.717) is 18.0 Å². The molecular weight excluding hydrogens is 446 g/mol. The number of methoxy groups -OCH3 is 1. The molecule has 0 aliphatic carbocycles. The van der Waals surface area contributed by atoms with Crippen LogP contribution in [-0.4, -0.2) is 89.3 Å². The van der Waals surface area contributed by atoms with Crippen LogP contribution in [0.2, 0.25) is 0 Å². The molecule has 3 N–H and O–H groups in total. The Morgan fingerprint density at radius 2 is 2.06 bits per heavy atom. The fraction of sp³-hybridized carbons (Fsp3) is 0.565. The molecule has 0 bridgehead atoms. The second-order valence-corrected chi connectivity index (χ2v) is 9.89. The zero-order valence-electron chi connectivity index (χ0n) is 19.0. The Morgan fingerprint density at radius 1 is 1.30 bits per heavy atom. The van der Waals surface area contributed by atoms with Crippen LogP contribution < -0.4 is 14.4 Å². The molecule has 2 aliphatic heterocycles. The first kappa shape index (κ1) is 23.7. The Hall–Kier alpha value is -2.40. The second kappa shape index (κ2) is 9.46. The van der Waals surface area contributed by atoms with Crippen LogP contribution in [-0.2, 0) is 4.79 Å². The molecule has 2 aliphatic rings. The van der Waals surface area contributed by atoms with Gasteiger partial charge in [0.05, 0.1) is 32.9 Å². The molecular formula is C23H31N3O6S. The number of hydrogen-bond donors (Lipinski definition) is 3. The Balaban J connectivity index is 1.54. The van der Waals surface area contributed by atoms with Crippen molar-refractivity contribution in [3.05, 3.63) is 35.3 Å². The third kappa shape index (κ3) is 4.52. The van der Waals surface area contributed by atoms with Gasteiger partial charge >= 0.3 is 0 Å². The van der Waals surface area contributed by atoms with E-state index in [2.05, 4.69) is 9.88 Å². The van der Waals surface area contributed by atoms with Crippen molar-refractivity contribution in [3.8, 4) is 11.5 Å². The number of anilines is 1. The predicted molar refractivity (Wildman–Crippen MR) is 124 cm³/mol. The predicted octanol–water partition coefficient (Wildman–Crippen LogP) is 1.09. The lowest BCUT2D eigenvalue weighted by Gasteiger charge is -2.39. The summed E-state index contributed by atoms with van der Waals surface area (Å²) >= 11 is 1.60. The van der Waals surface area contributed by atoms with Crippen LogP contribution in [0.4, 0.5) is 5.13 Å². The Labute approximate surface area is 197 Å². The number of ether oxygens (including phenoxy) is 2. The average Bonchev–Trinajstić information content (AvgIpc) is 3.43. The van der Waals surface area contributed by atoms with E-state index >= 15 is 0 Å². The topological polar surface area (TPSA) is 116 Å². The van der Waals surface area contributed by atoms with Gasteiger partial charge in [-0.2, -0.15) is 0 Å². The molecule has 9 nitrogen and oxygen atoms in total. The highest BCUT2D eigenvalue weighted by molar-refractivity contribution is 7.13. The largest absolute Gasteiger partial charge is 0.493 e. The Morgan fingerprint density at radius 3 is 2.67 bits per heavy atom. The van der Waals surface area contributed by atoms with E-state index in [4.69, 9.17) is 9.47 Å². The van der Waals surface area contributed by atoms with Gasteiger partial charge in [-0.05, 0) is 24.6 Å². The molecule has 0 spiro atoms. The van der Waals surface area contributed by atoms with Gasteiger partial charge < -0.3 is 34.6 Å². The molecule has 3 heterocycles. The SMILES string of the molecule is COc1ccc([C@@H]2CN(C(=O)C(O)CO)C[C@@]2(C)[C@@H](C)O)cc1OC1CN(c2nccs2)C1. The highest BCUT2D eigenvalue weighted by Gasteiger charge is 2.49. The maximum absolute atomic E-state index is 12.5. The van der Waals surface area contributed by atoms with Gasteiger partial charge in [0.2, 0.25) is 0 Å². The lowest BCUT2D eigenvalue weighted by molar-refractivity contribution is -0.141. The normalized spacial score (nSPS) is 25.0. The number of aliphatic hydroxyl groups is 3. The summed E-state index contributed by atoms with van der Waals surface area (Å²) in [7, 11) is 1.59. The number of likely N-dealkylation sites (tertiary alicyclic amines) is 1. The zero-order valence-corrected chi connectivity index (χ0v) is 19.9. The highest BCUT2D eigenvalue weighted by Crippen LogP contribution is 2.47. The minimum Gasteiger partial charge on any atom is -0.493 e. The summed E-state index contributed by atoms with van der Waals surface area (Å²) in [5.41, 5.74) is 0.286. The minimum atomic E-state index is -1.46. The van der Waals surface area contributed by atoms with E-state index < -0.39 is 30.1 Å². The fourth-order valence-electron chi connectivity index (χ4n) is 4.60. The number of thiazole rings is 1. The van der Waals surface area contributed by atoms with Crippen LogP contribution in [0.1, 0.15) is 25.3 Å². The monoisotopic (exact) mass is 477 g/mol. The molecule has 2 saturated heterocycles. The van der Waals surface area contributed by atoms with Crippen LogP contribution in [0, 0.1) is 5.41 Å². The van der Waals surface area contributed by atoms with E-state index in [0.717, 1.165) is 23.8 Å². The quantitative estimate of drug-likeness (QED) is 0.518. The van der Waals surface area contributed by atoms with Gasteiger partial charge in [0.15, 0.2) is 22.7 Å². The number of carbonyl (C=O) groups is 1. The highest BCUT2D eigenvalue weighted by atomic mass is 32.1. The van der Waals surface area contributed by atoms with Gasteiger partial charge in [-0.15, -0.1) is 11.3 Å². The molecule has 0 radical (unpaired) electrons. The van der Waals surface area contributed by atoms with Crippen LogP contribution in [0.5, 0.6) is 11.5 Å². The van der Waals surface area contributed by atoms with E-state index in [9.17, 15) is 20.1 Å². The molecule has 1 aromatic carbocycles. The van der Waals surface area contributed by atoms with Crippen LogP contribution in [0.3, 0.4) is 0 Å². The molecule has 1 unspecified atom stereocenters. The summed E-state index contributed by atoms with van der Waals surface area (Å²) in [5, 5.41) is 32.6. The first-order valence-corrected chi connectivity index (χ1v) is 11.9. The molecule has 180 valence electrons. The first-order valence-electron chi connectivity index (χ1n) is 11.0. The summed E-state index contributed by atoms with van der Waals surface area (Å²) in [5.74, 6) is 0.515. The number of benzene rings is 1. The van der Waals surface area contributed by atoms with Gasteiger partial charge in [0, 0.05) is 36.0 Å². The first-order chi connectivity index (χ1) is 15.8. The molecule has 1 amide bonds. The molecule has 1 aromatic heterocycles. The Bertz CT molecular complexity index is 965. The van der Waals surface area contributed by atoms with Gasteiger partial charge in [0.25, 0.3) is 5.91 Å². The number of aliphatic hydroxyl groups excluding tert-OH is 3. The minimum absolute atomic E-state index is 0.00237. The number of rotatable bonds is 8. The number of carbonyl (C=O) groups excluding carboxylic acids is 1. The van der Waals surface area contributed by atoms with Crippen molar-refractivity contribution < 1.29 is 29.6 Å². The van der Waals surface area contributed by atoms with Gasteiger partial charge in [-0.3, -0.25) is 4.79 Å². The van der Waals surface area contributed by atoms with Crippen molar-refractivity contribution in [3.63, 3.8) is 0 Å². The van der Waals surface area contributed by atoms with Gasteiger partial charge in [0.1, 0.15) is 6.10 Å². The summed E-state index contributed by atoms with van der Waals surface area (Å²) in [6.45, 7) is 5.08. The molecule has 4 atom stereocenters. The smallest absolute Gasteiger partial charge is 0.253 e. The molecule has 2 aromatic rings. The lowest BCUT2D eigenvalue weighted by atomic mass is 9.72. The third-order valence-electron chi connectivity index (χ3n) is 6.88. The molecule has 2 fully saturated rings. The zero-order chi connectivity index (χ0) is 23.8. The summed E-state index contributed by atoms with van der Waals surface area (Å²) in [4.78, 5) is 20.5. The molecule has 10 heteroatoms. The van der Waals surface area contributed by atoms with Crippen LogP contribution in [0.15, 0.2) is 29.8 Å². The van der Waals surface area contributed by atoms with E-state index in [1.807, 2.05) is 30.5 Å². The van der Waals surface area contributed by atoms with E-state index in [1.54, 1.807) is 31.6 Å². The summed E-state index contributed by atoms with van der Waals surface area (Å²) in [6, 6.07) is 5.69. The molecule has 0 saturated carbocycles. The number of nitrogens with zero attached hydrogens (tertiary/aromatic N) is 3. The van der Waals surface area contributed by atoms with Gasteiger partial charge in [-0.25, -0.2) is 4.98 Å². The van der Waals surface area contributed by atoms with Crippen molar-refractivity contribution >= 4 is 22.4 Å². The number of amides is 1. The fourth-order valence-corrected chi connectivity index (χ4v) is 5.27. The average molecular weight is 478 g/mol. The van der Waals surface area contributed by atoms with Crippen LogP contribution in [0.25, 0.3) is 0 Å². The summed E-state index contributed by atoms with van der Waals surface area (Å²) in [6.07, 6.45) is -0.370. The summed E-state index contributed by atoms with van der Waals surface area (Å²) < 4.78 is 11.8. The van der Waals surface area contributed by atoms with Crippen molar-refractivity contribution in [1.82, 2.24) is 9.88 Å². The van der Waals surface area contributed by atoms with Gasteiger partial charge in [-0.1, -0.05) is 13.0 Å². The van der Waals surface area contributed by atoms with Crippen molar-refractivity contribution in [2.75, 3.05) is 44.8 Å². The maximum Gasteiger partial charge on any atom is 0.253 e. The number of hydrogen-bond acceptors (Lipinski definition) is 9. The molecule has 4 rings (SSSR count). The van der Waals surface area contributed by atoms with Crippen LogP contribution >= 0.6 is 11.3 Å². The Kier molecular flexibility index (Phi) is 6.81. The third-order valence-corrected chi connectivity index (χ3v) is 7.71. The van der Waals surface area contributed by atoms with Crippen molar-refractivity contribution in [2.45, 2.75) is 38.1 Å². The van der Waals surface area contributed by atoms with Crippen molar-refractivity contribution in [1.29, 1.82) is 0 Å². The number of aromatic nitrogens is 1. The van der Waals surface area contributed by atoms with E-state index in [-0.39, 0.29) is 18.6 Å².